The predicted molar refractivity (Wildman–Crippen MR) is 125 cm³/mol. The van der Waals surface area contributed by atoms with E-state index in [4.69, 9.17) is 9.47 Å². The summed E-state index contributed by atoms with van der Waals surface area (Å²) in [4.78, 5) is 38.8. The molecule has 8 heteroatoms. The van der Waals surface area contributed by atoms with Crippen LogP contribution in [0.1, 0.15) is 43.7 Å². The number of benzene rings is 2. The normalized spacial score (nSPS) is 17.8. The number of carbonyl (C=O) groups is 3. The van der Waals surface area contributed by atoms with E-state index in [2.05, 4.69) is 5.32 Å². The first-order valence-corrected chi connectivity index (χ1v) is 11.5. The molecule has 2 aromatic rings. The van der Waals surface area contributed by atoms with Crippen LogP contribution in [0.15, 0.2) is 48.5 Å². The van der Waals surface area contributed by atoms with Gasteiger partial charge in [-0.3, -0.25) is 9.59 Å². The highest BCUT2D eigenvalue weighted by Crippen LogP contribution is 2.44. The van der Waals surface area contributed by atoms with Crippen LogP contribution in [0, 0.1) is 0 Å². The summed E-state index contributed by atoms with van der Waals surface area (Å²) < 4.78 is 11.3. The maximum absolute atomic E-state index is 13.1. The minimum atomic E-state index is -1.22. The van der Waals surface area contributed by atoms with Gasteiger partial charge in [0, 0.05) is 25.6 Å². The van der Waals surface area contributed by atoms with Crippen LogP contribution in [0.25, 0.3) is 11.1 Å². The summed E-state index contributed by atoms with van der Waals surface area (Å²) >= 11 is 0. The molecule has 2 N–H and O–H groups in total. The zero-order valence-corrected chi connectivity index (χ0v) is 19.5. The van der Waals surface area contributed by atoms with Gasteiger partial charge < -0.3 is 24.8 Å². The van der Waals surface area contributed by atoms with E-state index in [-0.39, 0.29) is 12.5 Å². The van der Waals surface area contributed by atoms with Gasteiger partial charge in [0.25, 0.3) is 0 Å². The van der Waals surface area contributed by atoms with E-state index in [0.29, 0.717) is 26.1 Å². The van der Waals surface area contributed by atoms with Gasteiger partial charge in [-0.1, -0.05) is 48.5 Å². The predicted octanol–water partition coefficient (Wildman–Crippen LogP) is 3.40. The molecule has 4 rings (SSSR count). The molecule has 8 nitrogen and oxygen atoms in total. The van der Waals surface area contributed by atoms with E-state index in [1.54, 1.807) is 4.90 Å². The molecule has 34 heavy (non-hydrogen) atoms. The van der Waals surface area contributed by atoms with Crippen molar-refractivity contribution in [3.05, 3.63) is 59.7 Å². The summed E-state index contributed by atoms with van der Waals surface area (Å²) in [6.07, 6.45) is -0.701. The zero-order valence-electron chi connectivity index (χ0n) is 19.5. The number of nitrogens with zero attached hydrogens (tertiary/aromatic N) is 1. The van der Waals surface area contributed by atoms with Gasteiger partial charge in [0.05, 0.1) is 12.0 Å². The fourth-order valence-electron chi connectivity index (χ4n) is 4.75. The molecule has 0 saturated carbocycles. The van der Waals surface area contributed by atoms with Crippen LogP contribution in [0.3, 0.4) is 0 Å². The minimum absolute atomic E-state index is 0.0818. The molecule has 1 fully saturated rings. The molecule has 1 saturated heterocycles. The molecule has 0 aromatic heterocycles. The molecule has 0 spiro atoms. The Morgan fingerprint density at radius 1 is 1.12 bits per heavy atom. The topological polar surface area (TPSA) is 105 Å². The number of fused-ring (bicyclic) bond motifs is 3. The number of aliphatic carboxylic acids is 1. The summed E-state index contributed by atoms with van der Waals surface area (Å²) in [5, 5.41) is 11.8. The van der Waals surface area contributed by atoms with Gasteiger partial charge in [-0.25, -0.2) is 4.79 Å². The SMILES string of the molecule is CC1(C)CN(C(=O)C(CC(=O)O)NC(=O)OCC2c3ccccc3-c3ccccc32)CCCO1. The van der Waals surface area contributed by atoms with Gasteiger partial charge in [0.2, 0.25) is 5.91 Å². The average Bonchev–Trinajstić information content (AvgIpc) is 2.99. The largest absolute Gasteiger partial charge is 0.481 e. The van der Waals surface area contributed by atoms with Crippen molar-refractivity contribution in [2.24, 2.45) is 0 Å². The van der Waals surface area contributed by atoms with E-state index >= 15 is 0 Å². The molecule has 0 bridgehead atoms. The summed E-state index contributed by atoms with van der Waals surface area (Å²) in [5.41, 5.74) is 3.81. The lowest BCUT2D eigenvalue weighted by molar-refractivity contribution is -0.143. The number of ether oxygens (including phenoxy) is 2. The Bertz CT molecular complexity index is 1040. The van der Waals surface area contributed by atoms with Gasteiger partial charge in [0.15, 0.2) is 0 Å². The van der Waals surface area contributed by atoms with Crippen molar-refractivity contribution in [3.63, 3.8) is 0 Å². The molecule has 0 radical (unpaired) electrons. The number of hydrogen-bond donors (Lipinski definition) is 2. The number of carbonyl (C=O) groups excluding carboxylic acids is 2. The van der Waals surface area contributed by atoms with E-state index in [1.807, 2.05) is 62.4 Å². The molecule has 1 atom stereocenters. The molecule has 2 aromatic carbocycles. The summed E-state index contributed by atoms with van der Waals surface area (Å²) in [5.74, 6) is -1.76. The molecule has 1 heterocycles. The van der Waals surface area contributed by atoms with E-state index in [0.717, 1.165) is 22.3 Å². The van der Waals surface area contributed by atoms with Crippen molar-refractivity contribution in [1.29, 1.82) is 0 Å². The number of carboxylic acid groups (broad SMARTS) is 1. The Labute approximate surface area is 198 Å². The average molecular weight is 467 g/mol. The van der Waals surface area contributed by atoms with Crippen molar-refractivity contribution in [2.45, 2.75) is 44.2 Å². The molecule has 1 aliphatic heterocycles. The lowest BCUT2D eigenvalue weighted by Gasteiger charge is -2.31. The molecule has 2 amide bonds. The van der Waals surface area contributed by atoms with Crippen molar-refractivity contribution in [3.8, 4) is 11.1 Å². The number of amides is 2. The van der Waals surface area contributed by atoms with Crippen molar-refractivity contribution in [2.75, 3.05) is 26.3 Å². The third-order valence-electron chi connectivity index (χ3n) is 6.26. The summed E-state index contributed by atoms with van der Waals surface area (Å²) in [7, 11) is 0. The standard InChI is InChI=1S/C26H30N2O6/c1-26(2)16-28(12-7-13-34-26)24(31)22(14-23(29)30)27-25(32)33-15-21-19-10-5-3-8-17(19)18-9-4-6-11-20(18)21/h3-6,8-11,21-22H,7,12-16H2,1-2H3,(H,27,32)(H,29,30). The Kier molecular flexibility index (Phi) is 6.88. The molecule has 2 aliphatic rings. The number of alkyl carbamates (subject to hydrolysis) is 1. The van der Waals surface area contributed by atoms with Crippen LogP contribution in [-0.2, 0) is 19.1 Å². The van der Waals surface area contributed by atoms with Gasteiger partial charge in [-0.2, -0.15) is 0 Å². The van der Waals surface area contributed by atoms with Crippen LogP contribution >= 0.6 is 0 Å². The zero-order chi connectivity index (χ0) is 24.3. The molecule has 180 valence electrons. The Morgan fingerprint density at radius 2 is 1.74 bits per heavy atom. The number of hydrogen-bond acceptors (Lipinski definition) is 5. The first-order chi connectivity index (χ1) is 16.2. The van der Waals surface area contributed by atoms with Crippen LogP contribution in [0.4, 0.5) is 4.79 Å². The van der Waals surface area contributed by atoms with Crippen LogP contribution in [0.2, 0.25) is 0 Å². The second kappa shape index (κ2) is 9.85. The quantitative estimate of drug-likeness (QED) is 0.676. The first-order valence-electron chi connectivity index (χ1n) is 11.5. The third kappa shape index (κ3) is 5.22. The fourth-order valence-corrected chi connectivity index (χ4v) is 4.75. The Morgan fingerprint density at radius 3 is 2.35 bits per heavy atom. The van der Waals surface area contributed by atoms with E-state index in [9.17, 15) is 19.5 Å². The summed E-state index contributed by atoms with van der Waals surface area (Å²) in [6, 6.07) is 14.7. The number of rotatable bonds is 6. The number of carboxylic acids is 1. The van der Waals surface area contributed by atoms with Gasteiger partial charge in [-0.05, 0) is 42.5 Å². The van der Waals surface area contributed by atoms with Crippen LogP contribution < -0.4 is 5.32 Å². The van der Waals surface area contributed by atoms with Gasteiger partial charge in [0.1, 0.15) is 12.6 Å². The van der Waals surface area contributed by atoms with E-state index < -0.39 is 36.0 Å². The fraction of sp³-hybridized carbons (Fsp3) is 0.423. The van der Waals surface area contributed by atoms with Crippen LogP contribution in [-0.4, -0.2) is 65.9 Å². The highest BCUT2D eigenvalue weighted by Gasteiger charge is 2.34. The summed E-state index contributed by atoms with van der Waals surface area (Å²) in [6.45, 7) is 5.10. The second-order valence-electron chi connectivity index (χ2n) is 9.34. The molecule has 1 unspecified atom stereocenters. The lowest BCUT2D eigenvalue weighted by atomic mass is 9.98. The smallest absolute Gasteiger partial charge is 0.407 e. The van der Waals surface area contributed by atoms with Crippen molar-refractivity contribution < 1.29 is 29.0 Å². The van der Waals surface area contributed by atoms with Crippen molar-refractivity contribution in [1.82, 2.24) is 10.2 Å². The maximum atomic E-state index is 13.1. The maximum Gasteiger partial charge on any atom is 0.407 e. The minimum Gasteiger partial charge on any atom is -0.481 e. The second-order valence-corrected chi connectivity index (χ2v) is 9.34. The van der Waals surface area contributed by atoms with Crippen LogP contribution in [0.5, 0.6) is 0 Å². The van der Waals surface area contributed by atoms with E-state index in [1.165, 1.54) is 0 Å². The first kappa shape index (κ1) is 23.8. The Balaban J connectivity index is 1.44. The molecular formula is C26H30N2O6. The third-order valence-corrected chi connectivity index (χ3v) is 6.26. The molecule has 1 aliphatic carbocycles. The van der Waals surface area contributed by atoms with Crippen molar-refractivity contribution >= 4 is 18.0 Å². The monoisotopic (exact) mass is 466 g/mol. The highest BCUT2D eigenvalue weighted by atomic mass is 16.5. The van der Waals surface area contributed by atoms with Gasteiger partial charge >= 0.3 is 12.1 Å². The molecular weight excluding hydrogens is 436 g/mol. The number of nitrogens with one attached hydrogen (secondary N) is 1. The van der Waals surface area contributed by atoms with Gasteiger partial charge in [-0.15, -0.1) is 0 Å². The highest BCUT2D eigenvalue weighted by molar-refractivity contribution is 5.89. The Hall–Kier alpha value is -3.39. The lowest BCUT2D eigenvalue weighted by Crippen LogP contribution is -2.52.